The summed E-state index contributed by atoms with van der Waals surface area (Å²) >= 11 is 17.2. The molecule has 3 nitrogen and oxygen atoms in total. The molecule has 1 aromatic heterocycles. The zero-order valence-corrected chi connectivity index (χ0v) is 15.7. The minimum Gasteiger partial charge on any atom is -0.362 e. The molecule has 2 aromatic carbocycles. The monoisotopic (exact) mass is 395 g/mol. The summed E-state index contributed by atoms with van der Waals surface area (Å²) in [5.74, 6) is -0.238. The summed E-state index contributed by atoms with van der Waals surface area (Å²) in [4.78, 5) is 3.27. The molecule has 25 heavy (non-hydrogen) atoms. The number of rotatable bonds is 4. The van der Waals surface area contributed by atoms with Crippen molar-refractivity contribution < 1.29 is 4.39 Å². The second-order valence-corrected chi connectivity index (χ2v) is 6.90. The molecule has 1 heterocycles. The molecule has 0 atom stereocenters. The standard InChI is InChI=1S/C18H16Cl2FN3S/c1-10-13(14-8-11(21)2-5-17(14)23-10)6-7-22-18(25)24-12-3-4-15(19)16(20)9-12/h2-5,8-9,23H,6-7H2,1H3,(H2,22,24,25). The number of aryl methyl sites for hydroxylation is 1. The average molecular weight is 396 g/mol. The Morgan fingerprint density at radius 3 is 2.72 bits per heavy atom. The lowest BCUT2D eigenvalue weighted by molar-refractivity contribution is 0.629. The first-order valence-electron chi connectivity index (χ1n) is 7.70. The Morgan fingerprint density at radius 1 is 1.16 bits per heavy atom. The van der Waals surface area contributed by atoms with Crippen LogP contribution in [0.25, 0.3) is 10.9 Å². The highest BCUT2D eigenvalue weighted by atomic mass is 35.5. The Labute approximate surface area is 160 Å². The van der Waals surface area contributed by atoms with E-state index >= 15 is 0 Å². The largest absolute Gasteiger partial charge is 0.362 e. The molecule has 0 fully saturated rings. The first-order chi connectivity index (χ1) is 11.9. The van der Waals surface area contributed by atoms with Crippen LogP contribution in [0.4, 0.5) is 10.1 Å². The summed E-state index contributed by atoms with van der Waals surface area (Å²) in [6.07, 6.45) is 0.721. The van der Waals surface area contributed by atoms with Crippen LogP contribution < -0.4 is 10.6 Å². The number of halogens is 3. The van der Waals surface area contributed by atoms with E-state index in [0.717, 1.165) is 34.3 Å². The number of anilines is 1. The first-order valence-corrected chi connectivity index (χ1v) is 8.87. The predicted molar refractivity (Wildman–Crippen MR) is 107 cm³/mol. The van der Waals surface area contributed by atoms with Crippen molar-refractivity contribution in [1.82, 2.24) is 10.3 Å². The van der Waals surface area contributed by atoms with E-state index in [1.54, 1.807) is 30.3 Å². The highest BCUT2D eigenvalue weighted by Gasteiger charge is 2.09. The molecule has 3 rings (SSSR count). The Bertz CT molecular complexity index is 939. The number of hydrogen-bond acceptors (Lipinski definition) is 1. The molecule has 0 radical (unpaired) electrons. The summed E-state index contributed by atoms with van der Waals surface area (Å²) in [5, 5.41) is 8.56. The minimum atomic E-state index is -0.238. The maximum absolute atomic E-state index is 13.5. The van der Waals surface area contributed by atoms with Crippen LogP contribution in [0.5, 0.6) is 0 Å². The van der Waals surface area contributed by atoms with E-state index < -0.39 is 0 Å². The van der Waals surface area contributed by atoms with Crippen molar-refractivity contribution in [3.8, 4) is 0 Å². The fraction of sp³-hybridized carbons (Fsp3) is 0.167. The van der Waals surface area contributed by atoms with Gasteiger partial charge in [0.1, 0.15) is 5.82 Å². The fourth-order valence-electron chi connectivity index (χ4n) is 2.73. The van der Waals surface area contributed by atoms with Crippen molar-refractivity contribution in [1.29, 1.82) is 0 Å². The van der Waals surface area contributed by atoms with Crippen molar-refractivity contribution >= 4 is 57.1 Å². The van der Waals surface area contributed by atoms with Crippen molar-refractivity contribution in [2.45, 2.75) is 13.3 Å². The predicted octanol–water partition coefficient (Wildman–Crippen LogP) is 5.45. The van der Waals surface area contributed by atoms with Gasteiger partial charge in [-0.15, -0.1) is 0 Å². The Kier molecular flexibility index (Phi) is 5.47. The molecule has 0 aliphatic carbocycles. The summed E-state index contributed by atoms with van der Waals surface area (Å²) in [6, 6.07) is 9.99. The molecule has 3 N–H and O–H groups in total. The smallest absolute Gasteiger partial charge is 0.170 e. The lowest BCUT2D eigenvalue weighted by Crippen LogP contribution is -2.30. The van der Waals surface area contributed by atoms with Gasteiger partial charge >= 0.3 is 0 Å². The van der Waals surface area contributed by atoms with Crippen LogP contribution in [0.3, 0.4) is 0 Å². The summed E-state index contributed by atoms with van der Waals surface area (Å²) in [7, 11) is 0. The Balaban J connectivity index is 1.61. The molecule has 0 spiro atoms. The molecule has 3 aromatic rings. The average Bonchev–Trinajstić information content (AvgIpc) is 2.86. The third kappa shape index (κ3) is 4.24. The highest BCUT2D eigenvalue weighted by molar-refractivity contribution is 7.80. The summed E-state index contributed by atoms with van der Waals surface area (Å²) in [6.45, 7) is 2.61. The topological polar surface area (TPSA) is 39.9 Å². The van der Waals surface area contributed by atoms with Crippen molar-refractivity contribution in [3.05, 3.63) is 63.5 Å². The molecule has 0 aliphatic rings. The molecule has 0 bridgehead atoms. The number of aromatic amines is 1. The first kappa shape index (κ1) is 18.0. The zero-order valence-electron chi connectivity index (χ0n) is 13.4. The molecule has 0 saturated carbocycles. The highest BCUT2D eigenvalue weighted by Crippen LogP contribution is 2.25. The molecular formula is C18H16Cl2FN3S. The number of hydrogen-bond donors (Lipinski definition) is 3. The van der Waals surface area contributed by atoms with Crippen LogP contribution in [0, 0.1) is 12.7 Å². The van der Waals surface area contributed by atoms with Gasteiger partial charge in [-0.2, -0.15) is 0 Å². The number of fused-ring (bicyclic) bond motifs is 1. The van der Waals surface area contributed by atoms with Gasteiger partial charge in [0.25, 0.3) is 0 Å². The molecule has 0 aliphatic heterocycles. The lowest BCUT2D eigenvalue weighted by Gasteiger charge is -2.11. The molecule has 0 amide bonds. The number of aromatic nitrogens is 1. The maximum atomic E-state index is 13.5. The summed E-state index contributed by atoms with van der Waals surface area (Å²) in [5.41, 5.74) is 3.81. The SMILES string of the molecule is Cc1[nH]c2ccc(F)cc2c1CCNC(=S)Nc1ccc(Cl)c(Cl)c1. The molecular weight excluding hydrogens is 380 g/mol. The molecule has 7 heteroatoms. The van der Waals surface area contributed by atoms with Crippen LogP contribution in [0.2, 0.25) is 10.0 Å². The number of thiocarbonyl (C=S) groups is 1. The van der Waals surface area contributed by atoms with Gasteiger partial charge < -0.3 is 15.6 Å². The van der Waals surface area contributed by atoms with E-state index in [-0.39, 0.29) is 5.82 Å². The van der Waals surface area contributed by atoms with Gasteiger partial charge in [-0.25, -0.2) is 4.39 Å². The van der Waals surface area contributed by atoms with E-state index in [0.29, 0.717) is 21.7 Å². The van der Waals surface area contributed by atoms with E-state index in [4.69, 9.17) is 35.4 Å². The van der Waals surface area contributed by atoms with Crippen LogP contribution in [0.15, 0.2) is 36.4 Å². The number of benzene rings is 2. The van der Waals surface area contributed by atoms with E-state index in [9.17, 15) is 4.39 Å². The van der Waals surface area contributed by atoms with Crippen LogP contribution in [-0.2, 0) is 6.42 Å². The molecule has 130 valence electrons. The number of H-pyrrole nitrogens is 1. The minimum absolute atomic E-state index is 0.238. The fourth-order valence-corrected chi connectivity index (χ4v) is 3.24. The zero-order chi connectivity index (χ0) is 18.0. The van der Waals surface area contributed by atoms with Gasteiger partial charge in [-0.3, -0.25) is 0 Å². The van der Waals surface area contributed by atoms with Crippen molar-refractivity contribution in [2.24, 2.45) is 0 Å². The molecule has 0 saturated heterocycles. The third-order valence-electron chi connectivity index (χ3n) is 3.92. The van der Waals surface area contributed by atoms with Gasteiger partial charge in [0.15, 0.2) is 5.11 Å². The van der Waals surface area contributed by atoms with E-state index in [1.807, 2.05) is 6.92 Å². The van der Waals surface area contributed by atoms with E-state index in [2.05, 4.69) is 15.6 Å². The van der Waals surface area contributed by atoms with Gasteiger partial charge in [0, 0.05) is 28.8 Å². The lowest BCUT2D eigenvalue weighted by atomic mass is 10.1. The normalized spacial score (nSPS) is 10.9. The molecule has 0 unspecified atom stereocenters. The van der Waals surface area contributed by atoms with E-state index in [1.165, 1.54) is 6.07 Å². The van der Waals surface area contributed by atoms with Crippen molar-refractivity contribution in [3.63, 3.8) is 0 Å². The maximum Gasteiger partial charge on any atom is 0.170 e. The van der Waals surface area contributed by atoms with Crippen molar-refractivity contribution in [2.75, 3.05) is 11.9 Å². The quantitative estimate of drug-likeness (QED) is 0.514. The second-order valence-electron chi connectivity index (χ2n) is 5.68. The Morgan fingerprint density at radius 2 is 1.96 bits per heavy atom. The van der Waals surface area contributed by atoms with Crippen LogP contribution in [0.1, 0.15) is 11.3 Å². The van der Waals surface area contributed by atoms with Crippen LogP contribution >= 0.6 is 35.4 Å². The summed E-state index contributed by atoms with van der Waals surface area (Å²) < 4.78 is 13.5. The van der Waals surface area contributed by atoms with Gasteiger partial charge in [0.05, 0.1) is 10.0 Å². The second kappa shape index (κ2) is 7.60. The Hall–Kier alpha value is -1.82. The van der Waals surface area contributed by atoms with Crippen LogP contribution in [-0.4, -0.2) is 16.6 Å². The van der Waals surface area contributed by atoms with Gasteiger partial charge in [-0.1, -0.05) is 23.2 Å². The van der Waals surface area contributed by atoms with Gasteiger partial charge in [0.2, 0.25) is 0 Å². The van der Waals surface area contributed by atoms with Gasteiger partial charge in [-0.05, 0) is 67.5 Å². The number of nitrogens with one attached hydrogen (secondary N) is 3. The third-order valence-corrected chi connectivity index (χ3v) is 4.91.